The zero-order valence-electron chi connectivity index (χ0n) is 20.7. The van der Waals surface area contributed by atoms with E-state index in [1.165, 1.54) is 12.1 Å². The zero-order valence-corrected chi connectivity index (χ0v) is 24.4. The summed E-state index contributed by atoms with van der Waals surface area (Å²) in [5.41, 5.74) is 0.936. The minimum atomic E-state index is -0.543. The van der Waals surface area contributed by atoms with Gasteiger partial charge in [0, 0.05) is 17.6 Å². The molecule has 3 aromatic rings. The van der Waals surface area contributed by atoms with Crippen molar-refractivity contribution >= 4 is 35.1 Å². The van der Waals surface area contributed by atoms with Crippen LogP contribution in [0, 0.1) is 0 Å². The fourth-order valence-corrected chi connectivity index (χ4v) is 4.06. The van der Waals surface area contributed by atoms with Gasteiger partial charge in [-0.15, -0.1) is 0 Å². The quantitative estimate of drug-likeness (QED) is 0.101. The largest absolute Gasteiger partial charge is 1.00 e. The second-order valence-electron chi connectivity index (χ2n) is 8.47. The molecule has 0 aliphatic carbocycles. The molecule has 0 spiro atoms. The molecule has 0 atom stereocenters. The summed E-state index contributed by atoms with van der Waals surface area (Å²) >= 11 is 11.9. The minimum Gasteiger partial charge on any atom is -1.00 e. The van der Waals surface area contributed by atoms with Crippen LogP contribution < -0.4 is 43.3 Å². The summed E-state index contributed by atoms with van der Waals surface area (Å²) < 4.78 is 13.0. The van der Waals surface area contributed by atoms with Gasteiger partial charge in [-0.25, -0.2) is 9.36 Å². The molecule has 37 heavy (non-hydrogen) atoms. The van der Waals surface area contributed by atoms with Crippen molar-refractivity contribution in [2.24, 2.45) is 7.05 Å². The summed E-state index contributed by atoms with van der Waals surface area (Å²) in [5.74, 6) is 0.563. The van der Waals surface area contributed by atoms with Crippen LogP contribution in [0.5, 0.6) is 11.5 Å². The summed E-state index contributed by atoms with van der Waals surface area (Å²) in [5, 5.41) is 3.67. The Bertz CT molecular complexity index is 1160. The van der Waals surface area contributed by atoms with Crippen molar-refractivity contribution in [3.63, 3.8) is 0 Å². The van der Waals surface area contributed by atoms with Crippen LogP contribution in [0.15, 0.2) is 67.0 Å². The number of esters is 1. The number of unbranched alkanes of at least 4 members (excludes halogenated alkanes) is 5. The molecule has 9 heteroatoms. The lowest BCUT2D eigenvalue weighted by molar-refractivity contribution is -0.671. The van der Waals surface area contributed by atoms with Crippen molar-refractivity contribution in [1.29, 1.82) is 0 Å². The minimum absolute atomic E-state index is 0. The first-order chi connectivity index (χ1) is 17.4. The van der Waals surface area contributed by atoms with Crippen LogP contribution in [0.4, 0.5) is 0 Å². The molecule has 0 aliphatic rings. The van der Waals surface area contributed by atoms with E-state index in [2.05, 4.69) is 5.32 Å². The van der Waals surface area contributed by atoms with E-state index in [-0.39, 0.29) is 40.5 Å². The van der Waals surface area contributed by atoms with E-state index in [0.29, 0.717) is 29.5 Å². The Morgan fingerprint density at radius 2 is 1.57 bits per heavy atom. The lowest BCUT2D eigenvalue weighted by Gasteiger charge is -2.09. The molecule has 1 N–H and O–H groups in total. The number of nitrogens with zero attached hydrogens (tertiary/aromatic N) is 1. The highest BCUT2D eigenvalue weighted by Crippen LogP contribution is 2.24. The summed E-state index contributed by atoms with van der Waals surface area (Å²) in [4.78, 5) is 24.4. The molecule has 0 aliphatic heterocycles. The van der Waals surface area contributed by atoms with E-state index in [4.69, 9.17) is 32.7 Å². The van der Waals surface area contributed by atoms with Crippen molar-refractivity contribution in [2.45, 2.75) is 38.5 Å². The highest BCUT2D eigenvalue weighted by molar-refractivity contribution is 6.36. The third-order valence-electron chi connectivity index (χ3n) is 5.51. The average molecular weight is 657 g/mol. The molecule has 0 bridgehead atoms. The number of carbonyl (C=O) groups is 2. The van der Waals surface area contributed by atoms with Crippen molar-refractivity contribution < 1.29 is 47.6 Å². The first-order valence-corrected chi connectivity index (χ1v) is 12.8. The van der Waals surface area contributed by atoms with E-state index in [9.17, 15) is 9.59 Å². The molecule has 3 rings (SSSR count). The number of carbonyl (C=O) groups excluding carboxylic acids is 2. The predicted octanol–water partition coefficient (Wildman–Crippen LogP) is 3.19. The SMILES string of the molecule is C[n+]1cccc(C(=O)NCCCCCCCCOc2ccc(OC(=O)c3ccc(Cl)cc3Cl)cc2)c1.[I-]. The molecule has 2 aromatic carbocycles. The molecule has 0 saturated heterocycles. The number of hydrogen-bond acceptors (Lipinski definition) is 4. The first kappa shape index (κ1) is 30.9. The maximum atomic E-state index is 12.3. The maximum absolute atomic E-state index is 12.3. The number of benzene rings is 2. The Hall–Kier alpha value is -2.36. The van der Waals surface area contributed by atoms with E-state index in [0.717, 1.165) is 44.3 Å². The van der Waals surface area contributed by atoms with Crippen LogP contribution >= 0.6 is 23.2 Å². The first-order valence-electron chi connectivity index (χ1n) is 12.1. The molecule has 6 nitrogen and oxygen atoms in total. The second kappa shape index (κ2) is 16.5. The molecule has 1 amide bonds. The third-order valence-corrected chi connectivity index (χ3v) is 6.06. The van der Waals surface area contributed by atoms with E-state index in [1.54, 1.807) is 30.3 Å². The van der Waals surface area contributed by atoms with Crippen LogP contribution in [0.1, 0.15) is 59.2 Å². The van der Waals surface area contributed by atoms with Gasteiger partial charge in [-0.05, 0) is 61.4 Å². The Kier molecular flexibility index (Phi) is 13.7. The van der Waals surface area contributed by atoms with Crippen molar-refractivity contribution in [3.8, 4) is 11.5 Å². The Labute approximate surface area is 245 Å². The molecule has 0 saturated carbocycles. The van der Waals surface area contributed by atoms with Gasteiger partial charge >= 0.3 is 5.97 Å². The molecule has 0 fully saturated rings. The van der Waals surface area contributed by atoms with Crippen molar-refractivity contribution in [1.82, 2.24) is 5.32 Å². The van der Waals surface area contributed by atoms with Crippen LogP contribution in [0.3, 0.4) is 0 Å². The highest BCUT2D eigenvalue weighted by Gasteiger charge is 2.13. The number of halogens is 3. The molecule has 0 unspecified atom stereocenters. The fraction of sp³-hybridized carbons (Fsp3) is 0.321. The number of rotatable bonds is 13. The Balaban J connectivity index is 0.00000481. The van der Waals surface area contributed by atoms with Crippen molar-refractivity contribution in [2.75, 3.05) is 13.2 Å². The monoisotopic (exact) mass is 656 g/mol. The molecular formula is C28H31Cl2IN2O4. The number of aryl methyl sites for hydroxylation is 1. The van der Waals surface area contributed by atoms with Crippen LogP contribution in [0.25, 0.3) is 0 Å². The smallest absolute Gasteiger partial charge is 0.345 e. The Morgan fingerprint density at radius 1 is 0.892 bits per heavy atom. The van der Waals surface area contributed by atoms with Crippen LogP contribution in [-0.4, -0.2) is 25.0 Å². The summed E-state index contributed by atoms with van der Waals surface area (Å²) in [6.45, 7) is 1.32. The fourth-order valence-electron chi connectivity index (χ4n) is 3.57. The number of aromatic nitrogens is 1. The number of pyridine rings is 1. The predicted molar refractivity (Wildman–Crippen MR) is 141 cm³/mol. The summed E-state index contributed by atoms with van der Waals surface area (Å²) in [7, 11) is 1.90. The number of ether oxygens (including phenoxy) is 2. The topological polar surface area (TPSA) is 68.5 Å². The zero-order chi connectivity index (χ0) is 25.8. The van der Waals surface area contributed by atoms with Gasteiger partial charge in [0.05, 0.1) is 17.2 Å². The molecular weight excluding hydrogens is 626 g/mol. The molecule has 198 valence electrons. The molecule has 0 radical (unpaired) electrons. The number of hydrogen-bond donors (Lipinski definition) is 1. The van der Waals surface area contributed by atoms with Gasteiger partial charge in [-0.1, -0.05) is 48.9 Å². The van der Waals surface area contributed by atoms with Gasteiger partial charge in [0.1, 0.15) is 24.1 Å². The standard InChI is InChI=1S/C28H30Cl2N2O4.HI/c1-32-17-8-9-21(20-32)27(33)31-16-6-4-2-3-5-7-18-35-23-11-13-24(14-12-23)36-28(34)25-15-10-22(29)19-26(25)30;/h8-15,17,19-20H,2-7,16,18H2,1H3;1H. The second-order valence-corrected chi connectivity index (χ2v) is 9.31. The Morgan fingerprint density at radius 3 is 2.27 bits per heavy atom. The van der Waals surface area contributed by atoms with E-state index < -0.39 is 5.97 Å². The molecule has 1 heterocycles. The van der Waals surface area contributed by atoms with Gasteiger partial charge in [-0.2, -0.15) is 0 Å². The average Bonchev–Trinajstić information content (AvgIpc) is 2.86. The summed E-state index contributed by atoms with van der Waals surface area (Å²) in [6, 6.07) is 15.2. The number of amides is 1. The lowest BCUT2D eigenvalue weighted by atomic mass is 10.1. The third kappa shape index (κ3) is 10.9. The van der Waals surface area contributed by atoms with Gasteiger partial charge in [0.2, 0.25) is 0 Å². The molecule has 1 aromatic heterocycles. The van der Waals surface area contributed by atoms with Gasteiger partial charge in [0.25, 0.3) is 5.91 Å². The maximum Gasteiger partial charge on any atom is 0.345 e. The summed E-state index contributed by atoms with van der Waals surface area (Å²) in [6.07, 6.45) is 10.1. The lowest BCUT2D eigenvalue weighted by Crippen LogP contribution is -3.00. The van der Waals surface area contributed by atoms with E-state index >= 15 is 0 Å². The number of nitrogens with one attached hydrogen (secondary N) is 1. The highest BCUT2D eigenvalue weighted by atomic mass is 127. The van der Waals surface area contributed by atoms with E-state index in [1.807, 2.05) is 36.1 Å². The van der Waals surface area contributed by atoms with Crippen molar-refractivity contribution in [3.05, 3.63) is 88.2 Å². The van der Waals surface area contributed by atoms with Gasteiger partial charge < -0.3 is 38.8 Å². The van der Waals surface area contributed by atoms with Crippen LogP contribution in [0.2, 0.25) is 10.0 Å². The van der Waals surface area contributed by atoms with Crippen LogP contribution in [-0.2, 0) is 7.05 Å². The van der Waals surface area contributed by atoms with Gasteiger partial charge in [-0.3, -0.25) is 4.79 Å². The normalized spacial score (nSPS) is 10.4. The van der Waals surface area contributed by atoms with Gasteiger partial charge in [0.15, 0.2) is 12.4 Å².